The highest BCUT2D eigenvalue weighted by Crippen LogP contribution is 2.36. The van der Waals surface area contributed by atoms with Crippen molar-refractivity contribution in [2.24, 2.45) is 5.92 Å². The van der Waals surface area contributed by atoms with Gasteiger partial charge in [-0.2, -0.15) is 0 Å². The lowest BCUT2D eigenvalue weighted by Crippen LogP contribution is -2.51. The molecule has 1 aliphatic carbocycles. The lowest BCUT2D eigenvalue weighted by Gasteiger charge is -2.44. The summed E-state index contributed by atoms with van der Waals surface area (Å²) < 4.78 is 0. The SMILES string of the molecule is CN1CC[C@]2(O)CC=CC[C@H]2C1. The summed E-state index contributed by atoms with van der Waals surface area (Å²) in [6, 6.07) is 0. The molecule has 12 heavy (non-hydrogen) atoms. The molecule has 1 saturated heterocycles. The van der Waals surface area contributed by atoms with E-state index in [1.165, 1.54) is 0 Å². The second kappa shape index (κ2) is 2.86. The largest absolute Gasteiger partial charge is 0.389 e. The molecule has 0 aromatic rings. The van der Waals surface area contributed by atoms with E-state index in [4.69, 9.17) is 0 Å². The Balaban J connectivity index is 2.13. The lowest BCUT2D eigenvalue weighted by molar-refractivity contribution is -0.0673. The fourth-order valence-electron chi connectivity index (χ4n) is 2.34. The van der Waals surface area contributed by atoms with Crippen molar-refractivity contribution in [1.29, 1.82) is 0 Å². The summed E-state index contributed by atoms with van der Waals surface area (Å²) in [7, 11) is 2.14. The monoisotopic (exact) mass is 167 g/mol. The van der Waals surface area contributed by atoms with Crippen LogP contribution in [-0.2, 0) is 0 Å². The van der Waals surface area contributed by atoms with Crippen molar-refractivity contribution < 1.29 is 5.11 Å². The minimum Gasteiger partial charge on any atom is -0.389 e. The number of rotatable bonds is 0. The third kappa shape index (κ3) is 1.29. The van der Waals surface area contributed by atoms with Crippen LogP contribution in [0.1, 0.15) is 19.3 Å². The molecular weight excluding hydrogens is 150 g/mol. The number of hydrogen-bond donors (Lipinski definition) is 1. The fourth-order valence-corrected chi connectivity index (χ4v) is 2.34. The maximum absolute atomic E-state index is 10.2. The molecule has 1 N–H and O–H groups in total. The van der Waals surface area contributed by atoms with Crippen LogP contribution in [0.4, 0.5) is 0 Å². The summed E-state index contributed by atoms with van der Waals surface area (Å²) in [5.74, 6) is 0.473. The summed E-state index contributed by atoms with van der Waals surface area (Å²) in [6.07, 6.45) is 7.20. The van der Waals surface area contributed by atoms with Gasteiger partial charge in [-0.25, -0.2) is 0 Å². The highest BCUT2D eigenvalue weighted by Gasteiger charge is 2.40. The number of likely N-dealkylation sites (tertiary alicyclic amines) is 1. The molecule has 0 radical (unpaired) electrons. The van der Waals surface area contributed by atoms with Gasteiger partial charge in [-0.05, 0) is 26.3 Å². The average molecular weight is 167 g/mol. The van der Waals surface area contributed by atoms with E-state index in [1.807, 2.05) is 0 Å². The Bertz CT molecular complexity index is 202. The smallest absolute Gasteiger partial charge is 0.0737 e. The maximum atomic E-state index is 10.2. The molecule has 2 heteroatoms. The summed E-state index contributed by atoms with van der Waals surface area (Å²) in [5, 5.41) is 10.2. The first-order valence-corrected chi connectivity index (χ1v) is 4.77. The zero-order valence-corrected chi connectivity index (χ0v) is 7.66. The molecule has 2 aliphatic rings. The standard InChI is InChI=1S/C10H17NO/c1-11-7-6-10(12)5-3-2-4-9(10)8-11/h2-3,9,12H,4-8H2,1H3/t9-,10+/m0/s1. The van der Waals surface area contributed by atoms with E-state index in [0.29, 0.717) is 5.92 Å². The summed E-state index contributed by atoms with van der Waals surface area (Å²) in [6.45, 7) is 2.10. The predicted molar refractivity (Wildman–Crippen MR) is 48.9 cm³/mol. The van der Waals surface area contributed by atoms with Crippen molar-refractivity contribution >= 4 is 0 Å². The Morgan fingerprint density at radius 2 is 2.33 bits per heavy atom. The topological polar surface area (TPSA) is 23.5 Å². The van der Waals surface area contributed by atoms with Crippen molar-refractivity contribution in [3.63, 3.8) is 0 Å². The van der Waals surface area contributed by atoms with Crippen molar-refractivity contribution in [3.8, 4) is 0 Å². The minimum absolute atomic E-state index is 0.374. The molecule has 68 valence electrons. The van der Waals surface area contributed by atoms with Gasteiger partial charge in [0.05, 0.1) is 5.60 Å². The minimum atomic E-state index is -0.374. The van der Waals surface area contributed by atoms with Crippen LogP contribution >= 0.6 is 0 Å². The molecule has 0 amide bonds. The number of fused-ring (bicyclic) bond motifs is 1. The lowest BCUT2D eigenvalue weighted by atomic mass is 9.74. The Kier molecular flexibility index (Phi) is 1.97. The van der Waals surface area contributed by atoms with Crippen LogP contribution in [0.3, 0.4) is 0 Å². The molecule has 1 fully saturated rings. The van der Waals surface area contributed by atoms with Crippen LogP contribution in [0, 0.1) is 5.92 Å². The molecule has 0 unspecified atom stereocenters. The Morgan fingerprint density at radius 3 is 3.17 bits per heavy atom. The quantitative estimate of drug-likeness (QED) is 0.544. The second-order valence-corrected chi connectivity index (χ2v) is 4.22. The number of piperidine rings is 1. The summed E-state index contributed by atoms with van der Waals surface area (Å²) >= 11 is 0. The van der Waals surface area contributed by atoms with Crippen LogP contribution < -0.4 is 0 Å². The summed E-state index contributed by atoms with van der Waals surface area (Å²) in [5.41, 5.74) is -0.374. The highest BCUT2D eigenvalue weighted by molar-refractivity contribution is 5.05. The Hall–Kier alpha value is -0.340. The number of hydrogen-bond acceptors (Lipinski definition) is 2. The highest BCUT2D eigenvalue weighted by atomic mass is 16.3. The van der Waals surface area contributed by atoms with Crippen LogP contribution in [0.2, 0.25) is 0 Å². The van der Waals surface area contributed by atoms with Crippen LogP contribution in [0.15, 0.2) is 12.2 Å². The van der Waals surface area contributed by atoms with Crippen molar-refractivity contribution in [3.05, 3.63) is 12.2 Å². The van der Waals surface area contributed by atoms with Crippen molar-refractivity contribution in [2.75, 3.05) is 20.1 Å². The summed E-state index contributed by atoms with van der Waals surface area (Å²) in [4.78, 5) is 2.32. The molecule has 2 nitrogen and oxygen atoms in total. The fraction of sp³-hybridized carbons (Fsp3) is 0.800. The van der Waals surface area contributed by atoms with E-state index in [-0.39, 0.29) is 5.60 Å². The molecular formula is C10H17NO. The van der Waals surface area contributed by atoms with Gasteiger partial charge < -0.3 is 10.0 Å². The maximum Gasteiger partial charge on any atom is 0.0737 e. The Labute approximate surface area is 73.9 Å². The molecule has 2 atom stereocenters. The van der Waals surface area contributed by atoms with Crippen molar-refractivity contribution in [1.82, 2.24) is 4.90 Å². The van der Waals surface area contributed by atoms with Gasteiger partial charge in [-0.3, -0.25) is 0 Å². The van der Waals surface area contributed by atoms with E-state index >= 15 is 0 Å². The number of aliphatic hydroxyl groups is 1. The molecule has 0 bridgehead atoms. The molecule has 1 aliphatic heterocycles. The van der Waals surface area contributed by atoms with E-state index in [0.717, 1.165) is 32.4 Å². The van der Waals surface area contributed by atoms with Gasteiger partial charge in [0.25, 0.3) is 0 Å². The van der Waals surface area contributed by atoms with Gasteiger partial charge in [0.1, 0.15) is 0 Å². The first-order valence-electron chi connectivity index (χ1n) is 4.77. The molecule has 0 aromatic carbocycles. The molecule has 1 heterocycles. The first-order chi connectivity index (χ1) is 5.71. The third-order valence-electron chi connectivity index (χ3n) is 3.28. The van der Waals surface area contributed by atoms with E-state index in [2.05, 4.69) is 24.1 Å². The van der Waals surface area contributed by atoms with Gasteiger partial charge in [0.15, 0.2) is 0 Å². The third-order valence-corrected chi connectivity index (χ3v) is 3.28. The first kappa shape index (κ1) is 8.27. The van der Waals surface area contributed by atoms with E-state index in [9.17, 15) is 5.11 Å². The number of nitrogens with zero attached hydrogens (tertiary/aromatic N) is 1. The molecule has 0 aromatic heterocycles. The molecule has 0 saturated carbocycles. The normalized spacial score (nSPS) is 42.7. The van der Waals surface area contributed by atoms with Gasteiger partial charge in [0.2, 0.25) is 0 Å². The van der Waals surface area contributed by atoms with Crippen LogP contribution in [-0.4, -0.2) is 35.7 Å². The predicted octanol–water partition coefficient (Wildman–Crippen LogP) is 1.02. The zero-order valence-electron chi connectivity index (χ0n) is 7.66. The van der Waals surface area contributed by atoms with Gasteiger partial charge in [-0.15, -0.1) is 0 Å². The number of allylic oxidation sites excluding steroid dienone is 1. The second-order valence-electron chi connectivity index (χ2n) is 4.22. The average Bonchev–Trinajstić information content (AvgIpc) is 2.06. The Morgan fingerprint density at radius 1 is 1.50 bits per heavy atom. The molecule has 0 spiro atoms. The van der Waals surface area contributed by atoms with Crippen LogP contribution in [0.25, 0.3) is 0 Å². The van der Waals surface area contributed by atoms with E-state index in [1.54, 1.807) is 0 Å². The van der Waals surface area contributed by atoms with Gasteiger partial charge >= 0.3 is 0 Å². The van der Waals surface area contributed by atoms with Gasteiger partial charge in [0, 0.05) is 19.0 Å². The zero-order chi connectivity index (χ0) is 8.60. The van der Waals surface area contributed by atoms with E-state index < -0.39 is 0 Å². The van der Waals surface area contributed by atoms with Gasteiger partial charge in [-0.1, -0.05) is 12.2 Å². The van der Waals surface area contributed by atoms with Crippen molar-refractivity contribution in [2.45, 2.75) is 24.9 Å². The molecule has 2 rings (SSSR count). The van der Waals surface area contributed by atoms with Crippen LogP contribution in [0.5, 0.6) is 0 Å².